The third kappa shape index (κ3) is 2.16. The maximum absolute atomic E-state index is 6.42. The topological polar surface area (TPSA) is 12.0 Å². The van der Waals surface area contributed by atoms with Gasteiger partial charge in [0, 0.05) is 10.9 Å². The van der Waals surface area contributed by atoms with Gasteiger partial charge in [0.1, 0.15) is 0 Å². The highest BCUT2D eigenvalue weighted by atomic mass is 35.5. The Labute approximate surface area is 134 Å². The van der Waals surface area contributed by atoms with Gasteiger partial charge in [-0.1, -0.05) is 65.7 Å². The molecule has 1 aliphatic carbocycles. The van der Waals surface area contributed by atoms with E-state index >= 15 is 0 Å². The van der Waals surface area contributed by atoms with E-state index in [0.29, 0.717) is 21.9 Å². The maximum atomic E-state index is 6.42. The van der Waals surface area contributed by atoms with Crippen LogP contribution < -0.4 is 5.32 Å². The number of nitrogens with one attached hydrogen (secondary N) is 1. The molecule has 21 heavy (non-hydrogen) atoms. The molecule has 0 unspecified atom stereocenters. The molecule has 1 aliphatic heterocycles. The van der Waals surface area contributed by atoms with Crippen LogP contribution in [0.2, 0.25) is 10.0 Å². The average molecular weight is 316 g/mol. The molecule has 0 radical (unpaired) electrons. The van der Waals surface area contributed by atoms with Gasteiger partial charge in [0.2, 0.25) is 0 Å². The van der Waals surface area contributed by atoms with Gasteiger partial charge in [0.15, 0.2) is 0 Å². The molecule has 3 atom stereocenters. The minimum absolute atomic E-state index is 0.289. The van der Waals surface area contributed by atoms with E-state index < -0.39 is 0 Å². The molecule has 0 spiro atoms. The van der Waals surface area contributed by atoms with E-state index in [-0.39, 0.29) is 6.04 Å². The highest BCUT2D eigenvalue weighted by Crippen LogP contribution is 2.52. The molecule has 0 bridgehead atoms. The predicted octanol–water partition coefficient (Wildman–Crippen LogP) is 5.82. The van der Waals surface area contributed by atoms with Gasteiger partial charge in [-0.15, -0.1) is 0 Å². The van der Waals surface area contributed by atoms with Gasteiger partial charge in [0.25, 0.3) is 0 Å². The van der Waals surface area contributed by atoms with Crippen LogP contribution in [0.25, 0.3) is 0 Å². The number of rotatable bonds is 1. The molecule has 106 valence electrons. The fourth-order valence-electron chi connectivity index (χ4n) is 3.61. The number of anilines is 1. The highest BCUT2D eigenvalue weighted by molar-refractivity contribution is 6.36. The Morgan fingerprint density at radius 2 is 1.86 bits per heavy atom. The van der Waals surface area contributed by atoms with Gasteiger partial charge in [-0.25, -0.2) is 0 Å². The summed E-state index contributed by atoms with van der Waals surface area (Å²) in [6.07, 6.45) is 5.66. The summed E-state index contributed by atoms with van der Waals surface area (Å²) in [7, 11) is 0. The van der Waals surface area contributed by atoms with Gasteiger partial charge in [0.05, 0.1) is 16.8 Å². The summed E-state index contributed by atoms with van der Waals surface area (Å²) in [5.74, 6) is 0.914. The Balaban J connectivity index is 1.84. The molecular weight excluding hydrogens is 301 g/mol. The zero-order valence-corrected chi connectivity index (χ0v) is 12.9. The summed E-state index contributed by atoms with van der Waals surface area (Å²) in [6.45, 7) is 0. The number of hydrogen-bond acceptors (Lipinski definition) is 1. The van der Waals surface area contributed by atoms with Crippen LogP contribution in [0.5, 0.6) is 0 Å². The second-order valence-electron chi connectivity index (χ2n) is 5.74. The lowest BCUT2D eigenvalue weighted by molar-refractivity contribution is 0.425. The van der Waals surface area contributed by atoms with E-state index in [9.17, 15) is 0 Å². The Kier molecular flexibility index (Phi) is 3.20. The maximum Gasteiger partial charge on any atom is 0.0655 e. The van der Waals surface area contributed by atoms with Crippen LogP contribution in [0.1, 0.15) is 29.5 Å². The summed E-state index contributed by atoms with van der Waals surface area (Å²) in [5, 5.41) is 5.06. The number of hydrogen-bond donors (Lipinski definition) is 1. The van der Waals surface area contributed by atoms with Crippen LogP contribution in [0.4, 0.5) is 5.69 Å². The van der Waals surface area contributed by atoms with E-state index in [2.05, 4.69) is 47.8 Å². The smallest absolute Gasteiger partial charge is 0.0655 e. The second-order valence-corrected chi connectivity index (χ2v) is 6.58. The molecule has 0 fully saturated rings. The normalized spacial score (nSPS) is 26.1. The largest absolute Gasteiger partial charge is 0.376 e. The Hall–Kier alpha value is -1.44. The van der Waals surface area contributed by atoms with Crippen LogP contribution in [0.3, 0.4) is 0 Å². The van der Waals surface area contributed by atoms with Gasteiger partial charge in [-0.2, -0.15) is 0 Å². The van der Waals surface area contributed by atoms with Crippen LogP contribution in [-0.4, -0.2) is 0 Å². The van der Waals surface area contributed by atoms with Crippen LogP contribution in [-0.2, 0) is 0 Å². The van der Waals surface area contributed by atoms with E-state index in [0.717, 1.165) is 12.1 Å². The fraction of sp³-hybridized carbons (Fsp3) is 0.222. The van der Waals surface area contributed by atoms with Crippen molar-refractivity contribution in [2.24, 2.45) is 5.92 Å². The first kappa shape index (κ1) is 13.2. The molecule has 0 aromatic heterocycles. The summed E-state index contributed by atoms with van der Waals surface area (Å²) in [6, 6.07) is 14.7. The summed E-state index contributed by atoms with van der Waals surface area (Å²) in [4.78, 5) is 0. The van der Waals surface area contributed by atoms with E-state index in [4.69, 9.17) is 23.2 Å². The zero-order chi connectivity index (χ0) is 14.4. The van der Waals surface area contributed by atoms with Crippen molar-refractivity contribution < 1.29 is 0 Å². The molecule has 3 heteroatoms. The van der Waals surface area contributed by atoms with Crippen molar-refractivity contribution >= 4 is 28.9 Å². The number of benzene rings is 2. The Morgan fingerprint density at radius 1 is 1.05 bits per heavy atom. The number of allylic oxidation sites excluding steroid dienone is 2. The minimum Gasteiger partial charge on any atom is -0.376 e. The molecule has 2 aromatic carbocycles. The molecule has 4 rings (SSSR count). The number of halogens is 2. The van der Waals surface area contributed by atoms with Gasteiger partial charge < -0.3 is 5.32 Å². The first-order valence-corrected chi connectivity index (χ1v) is 7.97. The SMILES string of the molecule is Clc1cc(Cl)c2c(c1)[C@H]1C=CC[C@H]1[C@H](c1ccccc1)N2. The van der Waals surface area contributed by atoms with Crippen LogP contribution in [0.15, 0.2) is 54.6 Å². The molecule has 1 nitrogen and oxygen atoms in total. The molecule has 2 aromatic rings. The first-order chi connectivity index (χ1) is 10.2. The lowest BCUT2D eigenvalue weighted by atomic mass is 9.77. The summed E-state index contributed by atoms with van der Waals surface area (Å²) in [5.41, 5.74) is 3.56. The quantitative estimate of drug-likeness (QED) is 0.654. The third-order valence-electron chi connectivity index (χ3n) is 4.54. The zero-order valence-electron chi connectivity index (χ0n) is 11.4. The molecule has 0 saturated carbocycles. The minimum atomic E-state index is 0.289. The lowest BCUT2D eigenvalue weighted by Gasteiger charge is -2.38. The predicted molar refractivity (Wildman–Crippen MR) is 89.3 cm³/mol. The standard InChI is InChI=1S/C18H15Cl2N/c19-12-9-15-13-7-4-8-14(13)17(11-5-2-1-3-6-11)21-18(15)16(20)10-12/h1-7,9-10,13-14,17,21H,8H2/t13-,14+,17-/m0/s1. The summed E-state index contributed by atoms with van der Waals surface area (Å²) >= 11 is 12.6. The highest BCUT2D eigenvalue weighted by Gasteiger charge is 2.38. The van der Waals surface area contributed by atoms with Crippen LogP contribution in [0, 0.1) is 5.92 Å². The molecule has 2 aliphatic rings. The van der Waals surface area contributed by atoms with Gasteiger partial charge >= 0.3 is 0 Å². The van der Waals surface area contributed by atoms with Crippen LogP contribution >= 0.6 is 23.2 Å². The third-order valence-corrected chi connectivity index (χ3v) is 5.06. The van der Waals surface area contributed by atoms with E-state index in [1.165, 1.54) is 11.1 Å². The van der Waals surface area contributed by atoms with Crippen molar-refractivity contribution in [3.63, 3.8) is 0 Å². The molecule has 1 heterocycles. The fourth-order valence-corrected chi connectivity index (χ4v) is 4.18. The Bertz CT molecular complexity index is 709. The number of fused-ring (bicyclic) bond motifs is 3. The van der Waals surface area contributed by atoms with E-state index in [1.54, 1.807) is 0 Å². The van der Waals surface area contributed by atoms with E-state index in [1.807, 2.05) is 12.1 Å². The van der Waals surface area contributed by atoms with Crippen molar-refractivity contribution in [3.05, 3.63) is 75.8 Å². The van der Waals surface area contributed by atoms with Crippen molar-refractivity contribution in [2.75, 3.05) is 5.32 Å². The van der Waals surface area contributed by atoms with Crippen molar-refractivity contribution in [1.82, 2.24) is 0 Å². The van der Waals surface area contributed by atoms with Gasteiger partial charge in [-0.3, -0.25) is 0 Å². The Morgan fingerprint density at radius 3 is 2.67 bits per heavy atom. The molecule has 0 amide bonds. The lowest BCUT2D eigenvalue weighted by Crippen LogP contribution is -2.29. The molecular formula is C18H15Cl2N. The van der Waals surface area contributed by atoms with Crippen molar-refractivity contribution in [1.29, 1.82) is 0 Å². The average Bonchev–Trinajstić information content (AvgIpc) is 2.97. The van der Waals surface area contributed by atoms with Crippen molar-refractivity contribution in [2.45, 2.75) is 18.4 Å². The molecule has 1 N–H and O–H groups in total. The first-order valence-electron chi connectivity index (χ1n) is 7.21. The summed E-state index contributed by atoms with van der Waals surface area (Å²) < 4.78 is 0. The van der Waals surface area contributed by atoms with Crippen molar-refractivity contribution in [3.8, 4) is 0 Å². The van der Waals surface area contributed by atoms with Gasteiger partial charge in [-0.05, 0) is 35.6 Å². The monoisotopic (exact) mass is 315 g/mol. The molecule has 0 saturated heterocycles. The second kappa shape index (κ2) is 5.08.